The molecule has 0 N–H and O–H groups in total. The van der Waals surface area contributed by atoms with Gasteiger partial charge in [0.05, 0.1) is 30.8 Å². The molecule has 5 heteroatoms. The summed E-state index contributed by atoms with van der Waals surface area (Å²) in [6.45, 7) is 10.9. The summed E-state index contributed by atoms with van der Waals surface area (Å²) in [5.74, 6) is 0.568. The average molecular weight is 428 g/mol. The summed E-state index contributed by atoms with van der Waals surface area (Å²) in [7, 11) is 0. The summed E-state index contributed by atoms with van der Waals surface area (Å²) in [6.07, 6.45) is 5.47. The first-order chi connectivity index (χ1) is 14.3. The van der Waals surface area contributed by atoms with Crippen molar-refractivity contribution in [1.29, 1.82) is 5.26 Å². The van der Waals surface area contributed by atoms with E-state index in [0.29, 0.717) is 31.1 Å². The Labute approximate surface area is 184 Å². The molecule has 2 aliphatic rings. The van der Waals surface area contributed by atoms with Gasteiger partial charge in [-0.1, -0.05) is 12.6 Å². The van der Waals surface area contributed by atoms with Gasteiger partial charge in [-0.05, 0) is 87.3 Å². The van der Waals surface area contributed by atoms with E-state index in [9.17, 15) is 10.1 Å². The van der Waals surface area contributed by atoms with E-state index in [0.717, 1.165) is 24.8 Å². The van der Waals surface area contributed by atoms with E-state index in [1.807, 2.05) is 6.92 Å². The summed E-state index contributed by atoms with van der Waals surface area (Å²) in [5.41, 5.74) is 2.48. The van der Waals surface area contributed by atoms with Gasteiger partial charge >= 0.3 is 5.97 Å². The van der Waals surface area contributed by atoms with Crippen LogP contribution in [-0.4, -0.2) is 24.8 Å². The van der Waals surface area contributed by atoms with E-state index >= 15 is 0 Å². The predicted molar refractivity (Wildman–Crippen MR) is 120 cm³/mol. The van der Waals surface area contributed by atoms with Crippen LogP contribution in [-0.2, 0) is 20.7 Å². The number of nitriles is 1. The molecule has 2 unspecified atom stereocenters. The van der Waals surface area contributed by atoms with Crippen molar-refractivity contribution in [1.82, 2.24) is 0 Å². The van der Waals surface area contributed by atoms with Crippen LogP contribution in [0.15, 0.2) is 40.8 Å². The zero-order valence-corrected chi connectivity index (χ0v) is 19.2. The van der Waals surface area contributed by atoms with Crippen LogP contribution in [0.4, 0.5) is 0 Å². The van der Waals surface area contributed by atoms with Crippen molar-refractivity contribution in [2.75, 3.05) is 13.2 Å². The van der Waals surface area contributed by atoms with E-state index in [1.54, 1.807) is 11.3 Å². The topological polar surface area (TPSA) is 59.3 Å². The maximum Gasteiger partial charge on any atom is 0.308 e. The number of hydrogen-bond donors (Lipinski definition) is 0. The van der Waals surface area contributed by atoms with E-state index in [-0.39, 0.29) is 23.4 Å². The van der Waals surface area contributed by atoms with E-state index in [4.69, 9.17) is 9.47 Å². The molecule has 0 bridgehead atoms. The van der Waals surface area contributed by atoms with Gasteiger partial charge in [0.15, 0.2) is 0 Å². The number of esters is 1. The SMILES string of the molecule is C=C(C#N)C1=C(C(CC(CCc2cccs2)C(=O)OCC)C2CC2)COC(C)(C)C1. The van der Waals surface area contributed by atoms with Crippen molar-refractivity contribution in [3.05, 3.63) is 45.7 Å². The zero-order chi connectivity index (χ0) is 21.7. The second-order valence-electron chi connectivity index (χ2n) is 9.07. The minimum atomic E-state index is -0.299. The lowest BCUT2D eigenvalue weighted by molar-refractivity contribution is -0.149. The molecule has 0 amide bonds. The molecule has 0 spiro atoms. The number of allylic oxidation sites excluding steroid dienone is 1. The highest BCUT2D eigenvalue weighted by Crippen LogP contribution is 2.48. The van der Waals surface area contributed by atoms with Crippen LogP contribution in [0.2, 0.25) is 0 Å². The molecule has 2 heterocycles. The van der Waals surface area contributed by atoms with Gasteiger partial charge in [-0.3, -0.25) is 4.79 Å². The molecule has 3 rings (SSSR count). The molecule has 1 aromatic rings. The van der Waals surface area contributed by atoms with Gasteiger partial charge < -0.3 is 9.47 Å². The average Bonchev–Trinajstić information content (AvgIpc) is 3.42. The maximum absolute atomic E-state index is 12.8. The van der Waals surface area contributed by atoms with Crippen LogP contribution in [0.1, 0.15) is 57.8 Å². The van der Waals surface area contributed by atoms with E-state index in [2.05, 4.69) is 44.0 Å². The minimum Gasteiger partial charge on any atom is -0.466 e. The predicted octanol–water partition coefficient (Wildman–Crippen LogP) is 5.85. The van der Waals surface area contributed by atoms with Gasteiger partial charge in [-0.2, -0.15) is 5.26 Å². The molecule has 2 atom stereocenters. The second-order valence-corrected chi connectivity index (χ2v) is 10.1. The van der Waals surface area contributed by atoms with Gasteiger partial charge in [-0.25, -0.2) is 0 Å². The van der Waals surface area contributed by atoms with Crippen LogP contribution in [0.3, 0.4) is 0 Å². The highest BCUT2D eigenvalue weighted by atomic mass is 32.1. The van der Waals surface area contributed by atoms with Gasteiger partial charge in [0.25, 0.3) is 0 Å². The van der Waals surface area contributed by atoms with Gasteiger partial charge in [0, 0.05) is 16.9 Å². The molecule has 162 valence electrons. The zero-order valence-electron chi connectivity index (χ0n) is 18.4. The van der Waals surface area contributed by atoms with Crippen molar-refractivity contribution >= 4 is 17.3 Å². The standard InChI is InChI=1S/C25H33NO3S/c1-5-28-24(27)19(10-11-20-7-6-12-30-20)13-21(18-8-9-18)23-16-29-25(3,4)14-22(23)17(2)15-26/h6-7,12,18-19,21H,2,5,8-11,13-14,16H2,1,3-4H3. The highest BCUT2D eigenvalue weighted by molar-refractivity contribution is 7.09. The Bertz CT molecular complexity index is 827. The van der Waals surface area contributed by atoms with Crippen molar-refractivity contribution in [2.24, 2.45) is 17.8 Å². The van der Waals surface area contributed by atoms with E-state index < -0.39 is 0 Å². The van der Waals surface area contributed by atoms with Crippen molar-refractivity contribution in [3.63, 3.8) is 0 Å². The first-order valence-corrected chi connectivity index (χ1v) is 11.9. The molecule has 0 saturated heterocycles. The molecule has 1 aromatic heterocycles. The van der Waals surface area contributed by atoms with Crippen LogP contribution in [0.25, 0.3) is 0 Å². The number of aryl methyl sites for hydroxylation is 1. The smallest absolute Gasteiger partial charge is 0.308 e. The fourth-order valence-electron chi connectivity index (χ4n) is 4.44. The largest absolute Gasteiger partial charge is 0.466 e. The Kier molecular flexibility index (Phi) is 7.55. The molecule has 1 aliphatic carbocycles. The Morgan fingerprint density at radius 2 is 2.23 bits per heavy atom. The number of nitrogens with zero attached hydrogens (tertiary/aromatic N) is 1. The quantitative estimate of drug-likeness (QED) is 0.347. The molecule has 1 fully saturated rings. The molecule has 30 heavy (non-hydrogen) atoms. The van der Waals surface area contributed by atoms with Crippen LogP contribution < -0.4 is 0 Å². The monoisotopic (exact) mass is 427 g/mol. The number of ether oxygens (including phenoxy) is 2. The van der Waals surface area contributed by atoms with Gasteiger partial charge in [-0.15, -0.1) is 11.3 Å². The highest BCUT2D eigenvalue weighted by Gasteiger charge is 2.41. The lowest BCUT2D eigenvalue weighted by atomic mass is 9.77. The molecular weight excluding hydrogens is 394 g/mol. The molecule has 1 aliphatic heterocycles. The molecule has 0 aromatic carbocycles. The van der Waals surface area contributed by atoms with Gasteiger partial charge in [0.2, 0.25) is 0 Å². The Morgan fingerprint density at radius 1 is 1.47 bits per heavy atom. The number of thiophene rings is 1. The number of rotatable bonds is 10. The van der Waals surface area contributed by atoms with E-state index in [1.165, 1.54) is 23.3 Å². The number of hydrogen-bond acceptors (Lipinski definition) is 5. The van der Waals surface area contributed by atoms with Crippen LogP contribution in [0.5, 0.6) is 0 Å². The van der Waals surface area contributed by atoms with Gasteiger partial charge in [0.1, 0.15) is 0 Å². The third-order valence-corrected chi connectivity index (χ3v) is 7.16. The minimum absolute atomic E-state index is 0.0991. The normalized spacial score (nSPS) is 20.3. The summed E-state index contributed by atoms with van der Waals surface area (Å²) in [6, 6.07) is 6.44. The Balaban J connectivity index is 1.85. The fraction of sp³-hybridized carbons (Fsp3) is 0.600. The second kappa shape index (κ2) is 9.94. The first-order valence-electron chi connectivity index (χ1n) is 11.0. The van der Waals surface area contributed by atoms with Crippen LogP contribution >= 0.6 is 11.3 Å². The lowest BCUT2D eigenvalue weighted by Crippen LogP contribution is -2.34. The maximum atomic E-state index is 12.8. The molecule has 1 saturated carbocycles. The third-order valence-electron chi connectivity index (χ3n) is 6.22. The summed E-state index contributed by atoms with van der Waals surface area (Å²) >= 11 is 1.73. The first kappa shape index (κ1) is 22.8. The number of carbonyl (C=O) groups is 1. The van der Waals surface area contributed by atoms with Crippen molar-refractivity contribution < 1.29 is 14.3 Å². The van der Waals surface area contributed by atoms with Crippen LogP contribution in [0, 0.1) is 29.1 Å². The van der Waals surface area contributed by atoms with Crippen molar-refractivity contribution in [3.8, 4) is 6.07 Å². The molecule has 4 nitrogen and oxygen atoms in total. The third kappa shape index (κ3) is 5.83. The summed E-state index contributed by atoms with van der Waals surface area (Å²) in [5, 5.41) is 11.6. The summed E-state index contributed by atoms with van der Waals surface area (Å²) in [4.78, 5) is 14.1. The fourth-order valence-corrected chi connectivity index (χ4v) is 5.16. The Morgan fingerprint density at radius 3 is 2.83 bits per heavy atom. The van der Waals surface area contributed by atoms with Crippen molar-refractivity contribution in [2.45, 2.75) is 64.9 Å². The lowest BCUT2D eigenvalue weighted by Gasteiger charge is -2.37. The summed E-state index contributed by atoms with van der Waals surface area (Å²) < 4.78 is 11.6. The molecular formula is C25H33NO3S. The Hall–Kier alpha value is -1.90. The number of carbonyl (C=O) groups excluding carboxylic acids is 1. The molecule has 0 radical (unpaired) electrons.